The SMILES string of the molecule is C=CCO[C@@]12Oc3ccc(Oc4cccc([N+](=O)[O-])c4)cc3[C@H]3[C@H](CCCCO)[C@@H](CCCCO)C=C(C(=NOCC)C[C@@H]1N(CCOCCO)C(=O)CCC1CCCC1)[C@H]32. The van der Waals surface area contributed by atoms with Crippen LogP contribution >= 0.6 is 0 Å². The van der Waals surface area contributed by atoms with Gasteiger partial charge in [0.25, 0.3) is 5.69 Å². The van der Waals surface area contributed by atoms with Crippen LogP contribution < -0.4 is 9.47 Å². The van der Waals surface area contributed by atoms with E-state index in [1.165, 1.54) is 25.0 Å². The third kappa shape index (κ3) is 11.0. The summed E-state index contributed by atoms with van der Waals surface area (Å²) in [6, 6.07) is 11.0. The molecule has 2 aromatic carbocycles. The van der Waals surface area contributed by atoms with Gasteiger partial charge >= 0.3 is 0 Å². The molecule has 0 bridgehead atoms. The molecular formula is C47H65N3O11. The molecule has 1 heterocycles. The number of allylic oxidation sites excluding steroid dienone is 1. The topological polar surface area (TPSA) is 183 Å². The highest BCUT2D eigenvalue weighted by Crippen LogP contribution is 2.62. The minimum atomic E-state index is -1.42. The van der Waals surface area contributed by atoms with E-state index in [1.807, 2.05) is 24.0 Å². The van der Waals surface area contributed by atoms with E-state index >= 15 is 0 Å². The number of benzene rings is 2. The maximum absolute atomic E-state index is 14.8. The Kier molecular flexibility index (Phi) is 17.2. The number of nitro groups is 1. The minimum absolute atomic E-state index is 0.00732. The van der Waals surface area contributed by atoms with Gasteiger partial charge in [-0.2, -0.15) is 0 Å². The number of carbonyl (C=O) groups excluding carboxylic acids is 1. The largest absolute Gasteiger partial charge is 0.459 e. The Balaban J connectivity index is 1.54. The van der Waals surface area contributed by atoms with Crippen molar-refractivity contribution in [2.45, 2.75) is 108 Å². The van der Waals surface area contributed by atoms with Crippen LogP contribution in [0.25, 0.3) is 0 Å². The van der Waals surface area contributed by atoms with E-state index in [2.05, 4.69) is 12.7 Å². The highest BCUT2D eigenvalue weighted by molar-refractivity contribution is 6.03. The quantitative estimate of drug-likeness (QED) is 0.0383. The molecule has 4 aliphatic rings. The number of aliphatic hydroxyl groups excluding tert-OH is 3. The normalized spacial score (nSPS) is 25.0. The van der Waals surface area contributed by atoms with Gasteiger partial charge in [-0.1, -0.05) is 61.9 Å². The van der Waals surface area contributed by atoms with Crippen molar-refractivity contribution in [1.82, 2.24) is 4.90 Å². The third-order valence-corrected chi connectivity index (χ3v) is 12.9. The van der Waals surface area contributed by atoms with E-state index in [0.717, 1.165) is 56.1 Å². The van der Waals surface area contributed by atoms with Crippen molar-refractivity contribution in [1.29, 1.82) is 0 Å². The van der Waals surface area contributed by atoms with Gasteiger partial charge in [-0.25, -0.2) is 0 Å². The summed E-state index contributed by atoms with van der Waals surface area (Å²) in [6.07, 6.45) is 14.4. The first-order valence-electron chi connectivity index (χ1n) is 22.4. The zero-order valence-corrected chi connectivity index (χ0v) is 35.7. The molecule has 0 spiro atoms. The van der Waals surface area contributed by atoms with Gasteiger partial charge in [-0.05, 0) is 86.6 Å². The van der Waals surface area contributed by atoms with Crippen molar-refractivity contribution in [3.05, 3.63) is 82.4 Å². The van der Waals surface area contributed by atoms with Crippen LogP contribution in [0.3, 0.4) is 0 Å². The Labute approximate surface area is 359 Å². The van der Waals surface area contributed by atoms with Crippen molar-refractivity contribution in [3.8, 4) is 17.2 Å². The summed E-state index contributed by atoms with van der Waals surface area (Å²) in [6.45, 7) is 6.96. The zero-order valence-electron chi connectivity index (χ0n) is 35.7. The number of rotatable bonds is 25. The first-order chi connectivity index (χ1) is 29.8. The number of non-ortho nitro benzene ring substituents is 1. The summed E-state index contributed by atoms with van der Waals surface area (Å²) in [7, 11) is 0. The molecule has 6 atom stereocenters. The van der Waals surface area contributed by atoms with Crippen molar-refractivity contribution in [2.75, 3.05) is 52.8 Å². The fraction of sp³-hybridized carbons (Fsp3) is 0.617. The van der Waals surface area contributed by atoms with Crippen LogP contribution in [0.4, 0.5) is 5.69 Å². The van der Waals surface area contributed by atoms with Crippen LogP contribution in [0.2, 0.25) is 0 Å². The molecule has 2 saturated carbocycles. The van der Waals surface area contributed by atoms with E-state index in [0.29, 0.717) is 54.7 Å². The van der Waals surface area contributed by atoms with Crippen molar-refractivity contribution >= 4 is 17.3 Å². The molecule has 0 radical (unpaired) electrons. The molecule has 2 aromatic rings. The Hall–Kier alpha value is -4.34. The Morgan fingerprint density at radius 2 is 1.79 bits per heavy atom. The molecule has 3 aliphatic carbocycles. The standard InChI is InChI=1S/C47H65N3O11/c1-3-26-58-47-43(49(22-27-57-28-25-53)44(54)21-18-33-12-5-6-13-33)32-41(48-59-4-2)39-29-34(14-7-9-23-51)38(17-8-10-24-52)45(46(39)47)40-31-37(19-20-42(40)61-47)60-36-16-11-15-35(30-36)50(55)56/h3,11,15-16,19-20,29-31,33-34,38,43,45-46,51-53H,1,4-10,12-14,17-18,21-28,32H2,2H3/t34-,38+,43-,45+,46+,47+/m0/s1. The van der Waals surface area contributed by atoms with Crippen LogP contribution in [-0.4, -0.2) is 101 Å². The molecule has 61 heavy (non-hydrogen) atoms. The van der Waals surface area contributed by atoms with E-state index in [4.69, 9.17) is 28.9 Å². The number of hydrogen-bond acceptors (Lipinski definition) is 12. The predicted molar refractivity (Wildman–Crippen MR) is 231 cm³/mol. The Bertz CT molecular complexity index is 1830. The van der Waals surface area contributed by atoms with Gasteiger partial charge in [0.2, 0.25) is 11.7 Å². The molecular weight excluding hydrogens is 783 g/mol. The summed E-state index contributed by atoms with van der Waals surface area (Å²) < 4.78 is 26.5. The first-order valence-corrected chi connectivity index (χ1v) is 22.4. The number of aliphatic hydroxyl groups is 3. The summed E-state index contributed by atoms with van der Waals surface area (Å²) >= 11 is 0. The molecule has 0 aromatic heterocycles. The van der Waals surface area contributed by atoms with Gasteiger partial charge in [-0.15, -0.1) is 6.58 Å². The van der Waals surface area contributed by atoms with Crippen LogP contribution in [-0.2, 0) is 19.1 Å². The van der Waals surface area contributed by atoms with Gasteiger partial charge < -0.3 is 44.0 Å². The highest BCUT2D eigenvalue weighted by Gasteiger charge is 2.65. The van der Waals surface area contributed by atoms with Crippen molar-refractivity contribution in [2.24, 2.45) is 28.8 Å². The second-order valence-electron chi connectivity index (χ2n) is 16.7. The predicted octanol–water partition coefficient (Wildman–Crippen LogP) is 7.85. The second-order valence-corrected chi connectivity index (χ2v) is 16.7. The maximum Gasteiger partial charge on any atom is 0.273 e. The molecule has 14 nitrogen and oxygen atoms in total. The molecule has 6 rings (SSSR count). The Morgan fingerprint density at radius 3 is 2.51 bits per heavy atom. The lowest BCUT2D eigenvalue weighted by atomic mass is 9.55. The molecule has 0 unspecified atom stereocenters. The van der Waals surface area contributed by atoms with Crippen molar-refractivity contribution in [3.63, 3.8) is 0 Å². The number of unbranched alkanes of at least 4 members (excludes halogenated alkanes) is 2. The third-order valence-electron chi connectivity index (χ3n) is 12.9. The molecule has 1 amide bonds. The molecule has 14 heteroatoms. The summed E-state index contributed by atoms with van der Waals surface area (Å²) in [5.74, 6) is -0.292. The molecule has 3 N–H and O–H groups in total. The molecule has 1 aliphatic heterocycles. The summed E-state index contributed by atoms with van der Waals surface area (Å²) in [5, 5.41) is 45.8. The van der Waals surface area contributed by atoms with Gasteiger partial charge in [0.1, 0.15) is 29.9 Å². The maximum atomic E-state index is 14.8. The van der Waals surface area contributed by atoms with Crippen LogP contribution in [0, 0.1) is 33.8 Å². The first kappa shape index (κ1) is 46.2. The lowest BCUT2D eigenvalue weighted by molar-refractivity contribution is -0.384. The number of hydrogen-bond donors (Lipinski definition) is 3. The number of nitrogens with zero attached hydrogens (tertiary/aromatic N) is 3. The fourth-order valence-corrected chi connectivity index (χ4v) is 10.2. The molecule has 2 fully saturated rings. The molecule has 334 valence electrons. The van der Waals surface area contributed by atoms with Gasteiger partial charge in [0.15, 0.2) is 0 Å². The smallest absolute Gasteiger partial charge is 0.273 e. The van der Waals surface area contributed by atoms with Crippen LogP contribution in [0.5, 0.6) is 17.2 Å². The van der Waals surface area contributed by atoms with E-state index in [-0.39, 0.29) is 82.0 Å². The van der Waals surface area contributed by atoms with Crippen molar-refractivity contribution < 1.29 is 48.8 Å². The number of oxime groups is 1. The number of amides is 1. The number of carbonyl (C=O) groups is 1. The lowest BCUT2D eigenvalue weighted by Crippen LogP contribution is -2.70. The molecule has 0 saturated heterocycles. The Morgan fingerprint density at radius 1 is 1.02 bits per heavy atom. The lowest BCUT2D eigenvalue weighted by Gasteiger charge is -2.60. The van der Waals surface area contributed by atoms with E-state index < -0.39 is 22.7 Å². The second kappa shape index (κ2) is 22.7. The van der Waals surface area contributed by atoms with Crippen LogP contribution in [0.1, 0.15) is 102 Å². The average Bonchev–Trinajstić information content (AvgIpc) is 3.80. The number of nitro benzene ring substituents is 1. The van der Waals surface area contributed by atoms with E-state index in [1.54, 1.807) is 24.3 Å². The van der Waals surface area contributed by atoms with Gasteiger partial charge in [0, 0.05) is 50.1 Å². The average molecular weight is 848 g/mol. The van der Waals surface area contributed by atoms with Crippen LogP contribution in [0.15, 0.2) is 71.9 Å². The minimum Gasteiger partial charge on any atom is -0.459 e. The summed E-state index contributed by atoms with van der Waals surface area (Å²) in [5.41, 5.74) is 2.43. The summed E-state index contributed by atoms with van der Waals surface area (Å²) in [4.78, 5) is 33.7. The number of ether oxygens (including phenoxy) is 4. The zero-order chi connectivity index (χ0) is 43.2. The van der Waals surface area contributed by atoms with Gasteiger partial charge in [-0.3, -0.25) is 14.9 Å². The fourth-order valence-electron chi connectivity index (χ4n) is 10.2. The highest BCUT2D eigenvalue weighted by atomic mass is 16.7. The van der Waals surface area contributed by atoms with E-state index in [9.17, 15) is 30.2 Å². The number of fused-ring (bicyclic) bond motifs is 2. The van der Waals surface area contributed by atoms with Gasteiger partial charge in [0.05, 0.1) is 49.0 Å². The monoisotopic (exact) mass is 847 g/mol.